The van der Waals surface area contributed by atoms with Gasteiger partial charge in [0.25, 0.3) is 0 Å². The molecule has 1 aliphatic carbocycles. The Morgan fingerprint density at radius 3 is 2.61 bits per heavy atom. The minimum atomic E-state index is 0.921. The van der Waals surface area contributed by atoms with E-state index in [1.54, 1.807) is 0 Å². The first-order valence-corrected chi connectivity index (χ1v) is 11.1. The summed E-state index contributed by atoms with van der Waals surface area (Å²) in [6.07, 6.45) is 18.8. The largest absolute Gasteiger partial charge is 0.317 e. The van der Waals surface area contributed by atoms with E-state index in [9.17, 15) is 0 Å². The summed E-state index contributed by atoms with van der Waals surface area (Å²) in [5.74, 6) is 0.921. The van der Waals surface area contributed by atoms with E-state index in [2.05, 4.69) is 68.7 Å². The second-order valence-corrected chi connectivity index (χ2v) is 8.08. The van der Waals surface area contributed by atoms with Gasteiger partial charge in [0, 0.05) is 0 Å². The van der Waals surface area contributed by atoms with Crippen molar-refractivity contribution < 1.29 is 0 Å². The van der Waals surface area contributed by atoms with Gasteiger partial charge < -0.3 is 5.32 Å². The molecule has 2 aliphatic rings. The van der Waals surface area contributed by atoms with Crippen LogP contribution in [0, 0.1) is 12.8 Å². The number of rotatable bonds is 7. The minimum absolute atomic E-state index is 0.921. The summed E-state index contributed by atoms with van der Waals surface area (Å²) in [6, 6.07) is 6.51. The molecule has 0 unspecified atom stereocenters. The van der Waals surface area contributed by atoms with Crippen LogP contribution in [0.1, 0.15) is 75.0 Å². The van der Waals surface area contributed by atoms with Crippen LogP contribution in [0.25, 0.3) is 11.6 Å². The Morgan fingerprint density at radius 2 is 2.00 bits per heavy atom. The Kier molecular flexibility index (Phi) is 10.1. The molecular weight excluding hydrogens is 338 g/mol. The quantitative estimate of drug-likeness (QED) is 0.519. The van der Waals surface area contributed by atoms with Crippen LogP contribution < -0.4 is 5.32 Å². The maximum absolute atomic E-state index is 4.30. The third-order valence-electron chi connectivity index (χ3n) is 5.91. The smallest absolute Gasteiger partial charge is 0.00463 e. The maximum atomic E-state index is 4.30. The zero-order valence-electron chi connectivity index (χ0n) is 18.1. The van der Waals surface area contributed by atoms with Crippen molar-refractivity contribution in [3.8, 4) is 0 Å². The molecular formula is C27H39N. The van der Waals surface area contributed by atoms with E-state index in [1.165, 1.54) is 85.9 Å². The lowest BCUT2D eigenvalue weighted by molar-refractivity contribution is 0.348. The number of hydrogen-bond acceptors (Lipinski definition) is 1. The standard InChI is InChI=1S/C19H27N.C8H12/c1-4-17-9-8-16(3)19(14-17)15(2)6-5-7-18-10-12-20-13-11-18;1-2-8-6-4-3-5-7-8/h4,8-9,14,18,20H,1-2,5-7,10-13H2,3H3;4,6-7H,2-3,5H2,1H3. The van der Waals surface area contributed by atoms with E-state index in [1.807, 2.05) is 6.08 Å². The fraction of sp³-hybridized carbons (Fsp3) is 0.481. The van der Waals surface area contributed by atoms with Gasteiger partial charge in [-0.3, -0.25) is 0 Å². The fourth-order valence-electron chi connectivity index (χ4n) is 3.99. The number of hydrogen-bond donors (Lipinski definition) is 1. The molecule has 1 aromatic carbocycles. The van der Waals surface area contributed by atoms with Gasteiger partial charge in [-0.2, -0.15) is 0 Å². The second kappa shape index (κ2) is 12.6. The van der Waals surface area contributed by atoms with Crippen molar-refractivity contribution >= 4 is 11.6 Å². The normalized spacial score (nSPS) is 16.7. The Hall–Kier alpha value is -1.86. The Morgan fingerprint density at radius 1 is 1.21 bits per heavy atom. The second-order valence-electron chi connectivity index (χ2n) is 8.08. The van der Waals surface area contributed by atoms with Crippen molar-refractivity contribution in [3.63, 3.8) is 0 Å². The van der Waals surface area contributed by atoms with E-state index in [4.69, 9.17) is 0 Å². The molecule has 1 saturated heterocycles. The predicted octanol–water partition coefficient (Wildman–Crippen LogP) is 7.49. The molecule has 0 bridgehead atoms. The monoisotopic (exact) mass is 377 g/mol. The van der Waals surface area contributed by atoms with Crippen molar-refractivity contribution in [3.05, 3.63) is 71.8 Å². The van der Waals surface area contributed by atoms with E-state index in [0.29, 0.717) is 0 Å². The first-order chi connectivity index (χ1) is 13.6. The van der Waals surface area contributed by atoms with Gasteiger partial charge in [-0.25, -0.2) is 0 Å². The van der Waals surface area contributed by atoms with E-state index in [0.717, 1.165) is 12.3 Å². The van der Waals surface area contributed by atoms with Crippen molar-refractivity contribution in [2.75, 3.05) is 13.1 Å². The van der Waals surface area contributed by atoms with Gasteiger partial charge in [-0.1, -0.05) is 68.5 Å². The summed E-state index contributed by atoms with van der Waals surface area (Å²) >= 11 is 0. The first kappa shape index (κ1) is 22.4. The summed E-state index contributed by atoms with van der Waals surface area (Å²) in [5, 5.41) is 3.43. The van der Waals surface area contributed by atoms with E-state index >= 15 is 0 Å². The number of nitrogens with one attached hydrogen (secondary N) is 1. The average Bonchev–Trinajstić information content (AvgIpc) is 2.76. The Balaban J connectivity index is 0.000000292. The zero-order valence-corrected chi connectivity index (χ0v) is 18.1. The topological polar surface area (TPSA) is 12.0 Å². The first-order valence-electron chi connectivity index (χ1n) is 11.1. The molecule has 1 aliphatic heterocycles. The van der Waals surface area contributed by atoms with Crippen molar-refractivity contribution in [1.29, 1.82) is 0 Å². The fourth-order valence-corrected chi connectivity index (χ4v) is 3.99. The van der Waals surface area contributed by atoms with E-state index in [-0.39, 0.29) is 0 Å². The highest BCUT2D eigenvalue weighted by Crippen LogP contribution is 2.26. The van der Waals surface area contributed by atoms with Crippen LogP contribution in [-0.4, -0.2) is 13.1 Å². The SMILES string of the molecule is C=Cc1ccc(C)c(C(=C)CCCC2CCNCC2)c1.CCC1=CCCC=C1. The molecule has 0 aromatic heterocycles. The molecule has 1 N–H and O–H groups in total. The highest BCUT2D eigenvalue weighted by atomic mass is 14.9. The van der Waals surface area contributed by atoms with Crippen molar-refractivity contribution in [2.45, 2.75) is 65.2 Å². The number of piperidine rings is 1. The zero-order chi connectivity index (χ0) is 20.2. The molecule has 0 atom stereocenters. The Bertz CT molecular complexity index is 686. The Labute approximate surface area is 173 Å². The van der Waals surface area contributed by atoms with Gasteiger partial charge in [0.05, 0.1) is 0 Å². The number of allylic oxidation sites excluding steroid dienone is 5. The van der Waals surface area contributed by atoms with Gasteiger partial charge >= 0.3 is 0 Å². The van der Waals surface area contributed by atoms with Crippen LogP contribution in [0.15, 0.2) is 55.2 Å². The highest BCUT2D eigenvalue weighted by Gasteiger charge is 2.13. The van der Waals surface area contributed by atoms with Crippen LogP contribution in [-0.2, 0) is 0 Å². The molecule has 28 heavy (non-hydrogen) atoms. The van der Waals surface area contributed by atoms with Gasteiger partial charge in [0.2, 0.25) is 0 Å². The number of aryl methyl sites for hydroxylation is 1. The third kappa shape index (κ3) is 7.64. The maximum Gasteiger partial charge on any atom is -0.00463 e. The van der Waals surface area contributed by atoms with Crippen LogP contribution in [0.4, 0.5) is 0 Å². The summed E-state index contributed by atoms with van der Waals surface area (Å²) in [7, 11) is 0. The molecule has 0 spiro atoms. The molecule has 0 amide bonds. The highest BCUT2D eigenvalue weighted by molar-refractivity contribution is 5.69. The predicted molar refractivity (Wildman–Crippen MR) is 126 cm³/mol. The molecule has 1 fully saturated rings. The molecule has 0 radical (unpaired) electrons. The number of benzene rings is 1. The third-order valence-corrected chi connectivity index (χ3v) is 5.91. The molecule has 0 saturated carbocycles. The summed E-state index contributed by atoms with van der Waals surface area (Å²) in [5.41, 5.74) is 6.59. The van der Waals surface area contributed by atoms with Crippen LogP contribution in [0.5, 0.6) is 0 Å². The van der Waals surface area contributed by atoms with Crippen molar-refractivity contribution in [1.82, 2.24) is 5.32 Å². The van der Waals surface area contributed by atoms with Gasteiger partial charge in [-0.05, 0) is 99.2 Å². The lowest BCUT2D eigenvalue weighted by Gasteiger charge is -2.22. The summed E-state index contributed by atoms with van der Waals surface area (Å²) < 4.78 is 0. The molecule has 1 heterocycles. The molecule has 1 nitrogen and oxygen atoms in total. The lowest BCUT2D eigenvalue weighted by atomic mass is 9.90. The molecule has 3 rings (SSSR count). The van der Waals surface area contributed by atoms with Crippen LogP contribution >= 0.6 is 0 Å². The van der Waals surface area contributed by atoms with E-state index < -0.39 is 0 Å². The van der Waals surface area contributed by atoms with Gasteiger partial charge in [0.15, 0.2) is 0 Å². The molecule has 152 valence electrons. The van der Waals surface area contributed by atoms with Gasteiger partial charge in [-0.15, -0.1) is 0 Å². The van der Waals surface area contributed by atoms with Crippen LogP contribution in [0.2, 0.25) is 0 Å². The summed E-state index contributed by atoms with van der Waals surface area (Å²) in [4.78, 5) is 0. The minimum Gasteiger partial charge on any atom is -0.317 e. The average molecular weight is 378 g/mol. The molecule has 1 aromatic rings. The van der Waals surface area contributed by atoms with Crippen molar-refractivity contribution in [2.24, 2.45) is 5.92 Å². The summed E-state index contributed by atoms with van der Waals surface area (Å²) in [6.45, 7) is 14.9. The molecule has 1 heteroatoms. The van der Waals surface area contributed by atoms with Crippen LogP contribution in [0.3, 0.4) is 0 Å². The lowest BCUT2D eigenvalue weighted by Crippen LogP contribution is -2.27. The van der Waals surface area contributed by atoms with Gasteiger partial charge in [0.1, 0.15) is 0 Å².